The van der Waals surface area contributed by atoms with Gasteiger partial charge in [-0.3, -0.25) is 14.4 Å². The smallest absolute Gasteiger partial charge is 0.256 e. The maximum absolute atomic E-state index is 13.5. The van der Waals surface area contributed by atoms with Crippen LogP contribution in [-0.4, -0.2) is 44.4 Å². The summed E-state index contributed by atoms with van der Waals surface area (Å²) in [7, 11) is 0. The van der Waals surface area contributed by atoms with Crippen LogP contribution in [0.2, 0.25) is 0 Å². The van der Waals surface area contributed by atoms with Crippen LogP contribution < -0.4 is 10.6 Å². The van der Waals surface area contributed by atoms with Crippen molar-refractivity contribution in [3.63, 3.8) is 0 Å². The van der Waals surface area contributed by atoms with Gasteiger partial charge in [0.1, 0.15) is 17.5 Å². The van der Waals surface area contributed by atoms with Crippen LogP contribution in [0.25, 0.3) is 0 Å². The summed E-state index contributed by atoms with van der Waals surface area (Å²) in [5.74, 6) is -0.816. The number of benzene rings is 1. The highest BCUT2D eigenvalue weighted by Gasteiger charge is 2.57. The van der Waals surface area contributed by atoms with Crippen LogP contribution >= 0.6 is 23.1 Å². The SMILES string of the molecule is CCC(C)[C@H](NC(=O)[C@H]1N2C(=O)c3ccccc3C2SC1(C)C)C(=O)Nc1nccs1. The van der Waals surface area contributed by atoms with Gasteiger partial charge in [-0.15, -0.1) is 23.1 Å². The van der Waals surface area contributed by atoms with Crippen molar-refractivity contribution < 1.29 is 14.4 Å². The average molecular weight is 459 g/mol. The maximum Gasteiger partial charge on any atom is 0.256 e. The standard InChI is InChI=1S/C22H26N4O3S2/c1-5-12(2)15(17(27)25-21-23-10-11-30-21)24-18(28)16-22(3,4)31-20-14-9-7-6-8-13(14)19(29)26(16)20/h6-12,15-16,20H,5H2,1-4H3,(H,24,28)(H,23,25,27)/t12?,15-,16+,20?/m0/s1. The van der Waals surface area contributed by atoms with E-state index in [1.807, 2.05) is 52.0 Å². The molecular formula is C22H26N4O3S2. The van der Waals surface area contributed by atoms with Crippen molar-refractivity contribution in [1.82, 2.24) is 15.2 Å². The molecule has 1 aromatic heterocycles. The van der Waals surface area contributed by atoms with Crippen LogP contribution in [0.4, 0.5) is 5.13 Å². The van der Waals surface area contributed by atoms with Gasteiger partial charge in [0.2, 0.25) is 11.8 Å². The second-order valence-electron chi connectivity index (χ2n) is 8.47. The Bertz CT molecular complexity index is 1010. The van der Waals surface area contributed by atoms with Gasteiger partial charge >= 0.3 is 0 Å². The van der Waals surface area contributed by atoms with Gasteiger partial charge in [-0.05, 0) is 31.4 Å². The van der Waals surface area contributed by atoms with Crippen molar-refractivity contribution in [3.05, 3.63) is 47.0 Å². The van der Waals surface area contributed by atoms with E-state index in [9.17, 15) is 14.4 Å². The molecule has 4 rings (SSSR count). The summed E-state index contributed by atoms with van der Waals surface area (Å²) < 4.78 is -0.496. The van der Waals surface area contributed by atoms with Gasteiger partial charge in [0.05, 0.1) is 0 Å². The number of nitrogens with zero attached hydrogens (tertiary/aromatic N) is 2. The zero-order chi connectivity index (χ0) is 22.3. The van der Waals surface area contributed by atoms with Gasteiger partial charge in [0.25, 0.3) is 5.91 Å². The molecule has 3 amide bonds. The number of carbonyl (C=O) groups excluding carboxylic acids is 3. The van der Waals surface area contributed by atoms with Gasteiger partial charge in [0, 0.05) is 21.9 Å². The Labute approximate surface area is 190 Å². The van der Waals surface area contributed by atoms with E-state index in [-0.39, 0.29) is 29.0 Å². The average Bonchev–Trinajstić information content (AvgIpc) is 3.41. The second kappa shape index (κ2) is 8.27. The van der Waals surface area contributed by atoms with Crippen LogP contribution in [0.1, 0.15) is 55.4 Å². The van der Waals surface area contributed by atoms with Gasteiger partial charge in [-0.2, -0.15) is 0 Å². The first-order valence-electron chi connectivity index (χ1n) is 10.3. The molecule has 1 fully saturated rings. The first-order chi connectivity index (χ1) is 14.7. The molecule has 0 bridgehead atoms. The molecule has 0 aliphatic carbocycles. The molecule has 0 radical (unpaired) electrons. The van der Waals surface area contributed by atoms with Crippen LogP contribution in [0.5, 0.6) is 0 Å². The van der Waals surface area contributed by atoms with Gasteiger partial charge in [-0.25, -0.2) is 4.98 Å². The van der Waals surface area contributed by atoms with E-state index in [2.05, 4.69) is 15.6 Å². The first-order valence-corrected chi connectivity index (χ1v) is 12.1. The third-order valence-electron chi connectivity index (χ3n) is 6.00. The van der Waals surface area contributed by atoms with Crippen molar-refractivity contribution in [1.29, 1.82) is 0 Å². The Morgan fingerprint density at radius 1 is 1.29 bits per heavy atom. The normalized spacial score (nSPS) is 23.1. The third-order valence-corrected chi connectivity index (χ3v) is 8.22. The molecular weight excluding hydrogens is 432 g/mol. The summed E-state index contributed by atoms with van der Waals surface area (Å²) in [6, 6.07) is 6.11. The summed E-state index contributed by atoms with van der Waals surface area (Å²) in [6.45, 7) is 7.86. The largest absolute Gasteiger partial charge is 0.342 e. The number of anilines is 1. The number of carbonyl (C=O) groups is 3. The number of fused-ring (bicyclic) bond motifs is 3. The van der Waals surface area contributed by atoms with Gasteiger partial charge < -0.3 is 15.5 Å². The summed E-state index contributed by atoms with van der Waals surface area (Å²) >= 11 is 2.94. The molecule has 2 aromatic rings. The zero-order valence-corrected chi connectivity index (χ0v) is 19.5. The molecule has 3 heterocycles. The van der Waals surface area contributed by atoms with Crippen LogP contribution in [0.3, 0.4) is 0 Å². The van der Waals surface area contributed by atoms with E-state index in [1.54, 1.807) is 28.2 Å². The fraction of sp³-hybridized carbons (Fsp3) is 0.455. The number of hydrogen-bond donors (Lipinski definition) is 2. The monoisotopic (exact) mass is 458 g/mol. The number of aromatic nitrogens is 1. The Morgan fingerprint density at radius 3 is 2.71 bits per heavy atom. The lowest BCUT2D eigenvalue weighted by Gasteiger charge is -2.32. The summed E-state index contributed by atoms with van der Waals surface area (Å²) in [6.07, 6.45) is 2.34. The van der Waals surface area contributed by atoms with E-state index < -0.39 is 16.8 Å². The second-order valence-corrected chi connectivity index (χ2v) is 11.1. The topological polar surface area (TPSA) is 91.4 Å². The van der Waals surface area contributed by atoms with Crippen LogP contribution in [-0.2, 0) is 9.59 Å². The molecule has 31 heavy (non-hydrogen) atoms. The molecule has 7 nitrogen and oxygen atoms in total. The number of thiazole rings is 1. The fourth-order valence-electron chi connectivity index (χ4n) is 4.21. The Balaban J connectivity index is 1.58. The van der Waals surface area contributed by atoms with Crippen molar-refractivity contribution >= 4 is 46.0 Å². The lowest BCUT2D eigenvalue weighted by molar-refractivity contribution is -0.131. The lowest BCUT2D eigenvalue weighted by Crippen LogP contribution is -2.57. The molecule has 1 saturated heterocycles. The maximum atomic E-state index is 13.5. The van der Waals surface area contributed by atoms with E-state index >= 15 is 0 Å². The molecule has 2 unspecified atom stereocenters. The number of amides is 3. The number of rotatable bonds is 6. The van der Waals surface area contributed by atoms with Gasteiger partial charge in [-0.1, -0.05) is 38.5 Å². The molecule has 2 aliphatic heterocycles. The Morgan fingerprint density at radius 2 is 2.03 bits per heavy atom. The van der Waals surface area contributed by atoms with E-state index in [1.165, 1.54) is 11.3 Å². The molecule has 1 aromatic carbocycles. The highest BCUT2D eigenvalue weighted by molar-refractivity contribution is 8.01. The highest BCUT2D eigenvalue weighted by Crippen LogP contribution is 2.56. The van der Waals surface area contributed by atoms with E-state index in [4.69, 9.17) is 0 Å². The highest BCUT2D eigenvalue weighted by atomic mass is 32.2. The quantitative estimate of drug-likeness (QED) is 0.689. The zero-order valence-electron chi connectivity index (χ0n) is 17.9. The third kappa shape index (κ3) is 3.85. The number of nitrogens with one attached hydrogen (secondary N) is 2. The Hall–Kier alpha value is -2.39. The van der Waals surface area contributed by atoms with Crippen molar-refractivity contribution in [2.24, 2.45) is 5.92 Å². The molecule has 0 spiro atoms. The molecule has 4 atom stereocenters. The predicted molar refractivity (Wildman–Crippen MR) is 123 cm³/mol. The number of thioether (sulfide) groups is 1. The minimum absolute atomic E-state index is 0.0802. The molecule has 2 aliphatic rings. The number of hydrogen-bond acceptors (Lipinski definition) is 6. The van der Waals surface area contributed by atoms with Crippen LogP contribution in [0, 0.1) is 5.92 Å². The van der Waals surface area contributed by atoms with Gasteiger partial charge in [0.15, 0.2) is 5.13 Å². The fourth-order valence-corrected chi connectivity index (χ4v) is 6.33. The van der Waals surface area contributed by atoms with E-state index in [0.717, 1.165) is 12.0 Å². The van der Waals surface area contributed by atoms with E-state index in [0.29, 0.717) is 10.7 Å². The lowest BCUT2D eigenvalue weighted by atomic mass is 9.95. The summed E-state index contributed by atoms with van der Waals surface area (Å²) in [5, 5.41) is 7.83. The molecule has 9 heteroatoms. The first kappa shape index (κ1) is 21.8. The van der Waals surface area contributed by atoms with Crippen LogP contribution in [0.15, 0.2) is 35.8 Å². The Kier molecular flexibility index (Phi) is 5.83. The summed E-state index contributed by atoms with van der Waals surface area (Å²) in [4.78, 5) is 45.4. The minimum Gasteiger partial charge on any atom is -0.342 e. The van der Waals surface area contributed by atoms with Crippen molar-refractivity contribution in [2.45, 2.75) is 56.3 Å². The van der Waals surface area contributed by atoms with Crippen molar-refractivity contribution in [2.75, 3.05) is 5.32 Å². The molecule has 2 N–H and O–H groups in total. The molecule has 164 valence electrons. The summed E-state index contributed by atoms with van der Waals surface area (Å²) in [5.41, 5.74) is 1.59. The molecule has 0 saturated carbocycles. The predicted octanol–water partition coefficient (Wildman–Crippen LogP) is 3.66. The minimum atomic E-state index is -0.721. The van der Waals surface area contributed by atoms with Crippen molar-refractivity contribution in [3.8, 4) is 0 Å².